The summed E-state index contributed by atoms with van der Waals surface area (Å²) in [6.45, 7) is 2.11. The van der Waals surface area contributed by atoms with Gasteiger partial charge in [-0.15, -0.1) is 0 Å². The summed E-state index contributed by atoms with van der Waals surface area (Å²) >= 11 is 12.0. The fourth-order valence-electron chi connectivity index (χ4n) is 1.96. The number of hydrogen-bond donors (Lipinski definition) is 1. The molecule has 118 valence electrons. The second-order valence-corrected chi connectivity index (χ2v) is 7.20. The monoisotopic (exact) mass is 359 g/mol. The van der Waals surface area contributed by atoms with Crippen molar-refractivity contribution in [1.82, 2.24) is 4.72 Å². The Morgan fingerprint density at radius 1 is 1.14 bits per heavy atom. The van der Waals surface area contributed by atoms with Crippen LogP contribution in [0.2, 0.25) is 10.0 Å². The van der Waals surface area contributed by atoms with Crippen LogP contribution in [-0.2, 0) is 16.6 Å². The lowest BCUT2D eigenvalue weighted by Gasteiger charge is -2.11. The Kier molecular flexibility index (Phi) is 5.34. The van der Waals surface area contributed by atoms with E-state index in [-0.39, 0.29) is 21.5 Å². The van der Waals surface area contributed by atoms with E-state index in [1.54, 1.807) is 0 Å². The largest absolute Gasteiger partial charge is 0.495 e. The highest BCUT2D eigenvalue weighted by Gasteiger charge is 2.21. The normalized spacial score (nSPS) is 11.5. The summed E-state index contributed by atoms with van der Waals surface area (Å²) in [4.78, 5) is -0.0763. The fraction of sp³-hybridized carbons (Fsp3) is 0.200. The van der Waals surface area contributed by atoms with Crippen LogP contribution in [0.5, 0.6) is 5.75 Å². The number of benzene rings is 2. The van der Waals surface area contributed by atoms with E-state index in [4.69, 9.17) is 27.9 Å². The number of hydrogen-bond acceptors (Lipinski definition) is 3. The molecule has 0 atom stereocenters. The molecule has 0 aliphatic rings. The highest BCUT2D eigenvalue weighted by molar-refractivity contribution is 7.89. The molecule has 0 fully saturated rings. The molecular formula is C15H15Cl2NO3S. The van der Waals surface area contributed by atoms with Crippen molar-refractivity contribution in [3.63, 3.8) is 0 Å². The van der Waals surface area contributed by atoms with Crippen molar-refractivity contribution < 1.29 is 13.2 Å². The van der Waals surface area contributed by atoms with Gasteiger partial charge in [0.1, 0.15) is 15.7 Å². The first kappa shape index (κ1) is 17.1. The number of halogens is 2. The van der Waals surface area contributed by atoms with Gasteiger partial charge < -0.3 is 4.74 Å². The summed E-state index contributed by atoms with van der Waals surface area (Å²) in [6.07, 6.45) is 0. The average molecular weight is 360 g/mol. The van der Waals surface area contributed by atoms with Crippen molar-refractivity contribution in [3.05, 3.63) is 57.6 Å². The molecule has 22 heavy (non-hydrogen) atoms. The first-order chi connectivity index (χ1) is 10.3. The summed E-state index contributed by atoms with van der Waals surface area (Å²) in [5.74, 6) is 0.323. The van der Waals surface area contributed by atoms with E-state index in [0.717, 1.165) is 11.1 Å². The lowest BCUT2D eigenvalue weighted by atomic mass is 10.1. The maximum absolute atomic E-state index is 12.4. The van der Waals surface area contributed by atoms with Crippen molar-refractivity contribution in [1.29, 1.82) is 0 Å². The van der Waals surface area contributed by atoms with Crippen molar-refractivity contribution in [3.8, 4) is 5.75 Å². The van der Waals surface area contributed by atoms with Gasteiger partial charge in [-0.1, -0.05) is 53.0 Å². The van der Waals surface area contributed by atoms with E-state index in [1.807, 2.05) is 31.2 Å². The second-order valence-electron chi connectivity index (χ2n) is 4.71. The number of rotatable bonds is 5. The van der Waals surface area contributed by atoms with E-state index in [9.17, 15) is 8.42 Å². The SMILES string of the molecule is COc1ccc(S(=O)(=O)NCc2cccc(C)c2)c(Cl)c1Cl. The maximum atomic E-state index is 12.4. The van der Waals surface area contributed by atoms with Crippen molar-refractivity contribution in [2.75, 3.05) is 7.11 Å². The summed E-state index contributed by atoms with van der Waals surface area (Å²) in [6, 6.07) is 10.4. The van der Waals surface area contributed by atoms with Gasteiger partial charge in [0.05, 0.1) is 12.1 Å². The Bertz CT molecular complexity index is 791. The van der Waals surface area contributed by atoms with Gasteiger partial charge in [0.15, 0.2) is 0 Å². The minimum absolute atomic E-state index is 0.0576. The molecule has 0 bridgehead atoms. The van der Waals surface area contributed by atoms with Gasteiger partial charge in [-0.05, 0) is 24.6 Å². The molecule has 0 saturated heterocycles. The van der Waals surface area contributed by atoms with Gasteiger partial charge in [-0.3, -0.25) is 0 Å². The molecule has 0 aliphatic heterocycles. The zero-order valence-corrected chi connectivity index (χ0v) is 14.4. The molecule has 4 nitrogen and oxygen atoms in total. The Morgan fingerprint density at radius 2 is 1.86 bits per heavy atom. The summed E-state index contributed by atoms with van der Waals surface area (Å²) < 4.78 is 32.3. The third kappa shape index (κ3) is 3.73. The van der Waals surface area contributed by atoms with Gasteiger partial charge >= 0.3 is 0 Å². The van der Waals surface area contributed by atoms with E-state index in [0.29, 0.717) is 5.75 Å². The summed E-state index contributed by atoms with van der Waals surface area (Å²) in [5.41, 5.74) is 1.92. The number of ether oxygens (including phenoxy) is 1. The van der Waals surface area contributed by atoms with Crippen LogP contribution in [0.15, 0.2) is 41.3 Å². The molecule has 1 N–H and O–H groups in total. The van der Waals surface area contributed by atoms with Crippen LogP contribution in [0.1, 0.15) is 11.1 Å². The van der Waals surface area contributed by atoms with Crippen LogP contribution in [0.4, 0.5) is 0 Å². The smallest absolute Gasteiger partial charge is 0.242 e. The van der Waals surface area contributed by atoms with Gasteiger partial charge in [0.25, 0.3) is 0 Å². The molecule has 0 heterocycles. The zero-order valence-electron chi connectivity index (χ0n) is 12.1. The molecule has 2 rings (SSSR count). The average Bonchev–Trinajstić information content (AvgIpc) is 2.48. The topological polar surface area (TPSA) is 55.4 Å². The Hall–Kier alpha value is -1.27. The lowest BCUT2D eigenvalue weighted by molar-refractivity contribution is 0.414. The van der Waals surface area contributed by atoms with Crippen LogP contribution < -0.4 is 9.46 Å². The number of aryl methyl sites for hydroxylation is 1. The van der Waals surface area contributed by atoms with E-state index >= 15 is 0 Å². The van der Waals surface area contributed by atoms with Gasteiger partial charge in [0, 0.05) is 6.54 Å². The van der Waals surface area contributed by atoms with E-state index in [1.165, 1.54) is 19.2 Å². The van der Waals surface area contributed by atoms with Crippen LogP contribution >= 0.6 is 23.2 Å². The van der Waals surface area contributed by atoms with Crippen LogP contribution in [0.3, 0.4) is 0 Å². The first-order valence-electron chi connectivity index (χ1n) is 6.42. The molecule has 2 aromatic rings. The molecule has 7 heteroatoms. The zero-order chi connectivity index (χ0) is 16.3. The molecular weight excluding hydrogens is 345 g/mol. The summed E-state index contributed by atoms with van der Waals surface area (Å²) in [5, 5.41) is 0.0142. The predicted octanol–water partition coefficient (Wildman–Crippen LogP) is 3.79. The van der Waals surface area contributed by atoms with Crippen molar-refractivity contribution >= 4 is 33.2 Å². The number of nitrogens with one attached hydrogen (secondary N) is 1. The molecule has 0 aliphatic carbocycles. The highest BCUT2D eigenvalue weighted by Crippen LogP contribution is 2.36. The van der Waals surface area contributed by atoms with Gasteiger partial charge in [0.2, 0.25) is 10.0 Å². The molecule has 0 radical (unpaired) electrons. The highest BCUT2D eigenvalue weighted by atomic mass is 35.5. The Balaban J connectivity index is 2.26. The van der Waals surface area contributed by atoms with Crippen molar-refractivity contribution in [2.24, 2.45) is 0 Å². The van der Waals surface area contributed by atoms with Crippen LogP contribution in [0.25, 0.3) is 0 Å². The summed E-state index contributed by atoms with van der Waals surface area (Å²) in [7, 11) is -2.34. The first-order valence-corrected chi connectivity index (χ1v) is 8.66. The molecule has 0 spiro atoms. The molecule has 0 unspecified atom stereocenters. The Morgan fingerprint density at radius 3 is 2.50 bits per heavy atom. The third-order valence-electron chi connectivity index (χ3n) is 3.07. The van der Waals surface area contributed by atoms with Gasteiger partial charge in [-0.2, -0.15) is 0 Å². The number of methoxy groups -OCH3 is 1. The molecule has 2 aromatic carbocycles. The van der Waals surface area contributed by atoms with Crippen molar-refractivity contribution in [2.45, 2.75) is 18.4 Å². The van der Waals surface area contributed by atoms with Crippen LogP contribution in [-0.4, -0.2) is 15.5 Å². The standard InChI is InChI=1S/C15H15Cl2NO3S/c1-10-4-3-5-11(8-10)9-18-22(19,20)13-7-6-12(21-2)14(16)15(13)17/h3-8,18H,9H2,1-2H3. The van der Waals surface area contributed by atoms with Gasteiger partial charge in [-0.25, -0.2) is 13.1 Å². The number of sulfonamides is 1. The van der Waals surface area contributed by atoms with Crippen LogP contribution in [0, 0.1) is 6.92 Å². The minimum atomic E-state index is -3.77. The fourth-order valence-corrected chi connectivity index (χ4v) is 3.81. The second kappa shape index (κ2) is 6.87. The quantitative estimate of drug-likeness (QED) is 0.883. The predicted molar refractivity (Wildman–Crippen MR) is 88.2 cm³/mol. The van der Waals surface area contributed by atoms with E-state index in [2.05, 4.69) is 4.72 Å². The maximum Gasteiger partial charge on any atom is 0.242 e. The third-order valence-corrected chi connectivity index (χ3v) is 5.49. The van der Waals surface area contributed by atoms with E-state index < -0.39 is 10.0 Å². The molecule has 0 amide bonds. The lowest BCUT2D eigenvalue weighted by Crippen LogP contribution is -2.23. The molecule has 0 aromatic heterocycles. The minimum Gasteiger partial charge on any atom is -0.495 e. The Labute approximate surface area is 140 Å². The molecule has 0 saturated carbocycles.